The lowest BCUT2D eigenvalue weighted by Crippen LogP contribution is -2.34. The molecule has 0 aliphatic carbocycles. The van der Waals surface area contributed by atoms with E-state index in [0.29, 0.717) is 12.0 Å². The van der Waals surface area contributed by atoms with Crippen molar-refractivity contribution >= 4 is 5.82 Å². The minimum absolute atomic E-state index is 0.599. The van der Waals surface area contributed by atoms with Crippen LogP contribution >= 0.6 is 0 Å². The van der Waals surface area contributed by atoms with Crippen molar-refractivity contribution in [1.29, 1.82) is 0 Å². The van der Waals surface area contributed by atoms with Gasteiger partial charge in [-0.05, 0) is 27.1 Å². The Morgan fingerprint density at radius 3 is 2.83 bits per heavy atom. The molecule has 2 rings (SSSR count). The van der Waals surface area contributed by atoms with Crippen molar-refractivity contribution < 1.29 is 0 Å². The van der Waals surface area contributed by atoms with Crippen molar-refractivity contribution in [2.24, 2.45) is 5.92 Å². The topological polar surface area (TPSA) is 44.3 Å². The van der Waals surface area contributed by atoms with Crippen molar-refractivity contribution in [3.05, 3.63) is 18.1 Å². The molecular weight excluding hydrogens is 226 g/mol. The Labute approximate surface area is 109 Å². The Morgan fingerprint density at radius 2 is 2.22 bits per heavy atom. The minimum Gasteiger partial charge on any atom is -0.354 e. The fraction of sp³-hybridized carbons (Fsp3) is 0.692. The maximum Gasteiger partial charge on any atom is 0.136 e. The molecule has 0 bridgehead atoms. The molecule has 1 saturated heterocycles. The summed E-state index contributed by atoms with van der Waals surface area (Å²) in [5, 5.41) is 3.18. The van der Waals surface area contributed by atoms with Crippen LogP contribution in [0.15, 0.2) is 12.5 Å². The molecule has 1 N–H and O–H groups in total. The van der Waals surface area contributed by atoms with Crippen LogP contribution in [0.5, 0.6) is 0 Å². The van der Waals surface area contributed by atoms with Gasteiger partial charge >= 0.3 is 0 Å². The van der Waals surface area contributed by atoms with Crippen molar-refractivity contribution in [2.45, 2.75) is 19.5 Å². The molecule has 0 aromatic carbocycles. The second kappa shape index (κ2) is 5.63. The fourth-order valence-corrected chi connectivity index (χ4v) is 2.75. The Balaban J connectivity index is 2.18. The first-order valence-corrected chi connectivity index (χ1v) is 6.48. The van der Waals surface area contributed by atoms with Gasteiger partial charge in [-0.2, -0.15) is 0 Å². The van der Waals surface area contributed by atoms with Crippen LogP contribution in [0.4, 0.5) is 5.82 Å². The van der Waals surface area contributed by atoms with E-state index in [1.807, 2.05) is 13.2 Å². The summed E-state index contributed by atoms with van der Waals surface area (Å²) in [6.07, 6.45) is 3.55. The summed E-state index contributed by atoms with van der Waals surface area (Å²) < 4.78 is 0. The lowest BCUT2D eigenvalue weighted by molar-refractivity contribution is 0.266. The zero-order chi connectivity index (χ0) is 13.1. The number of hydrogen-bond donors (Lipinski definition) is 1. The van der Waals surface area contributed by atoms with Gasteiger partial charge in [0, 0.05) is 37.4 Å². The quantitative estimate of drug-likeness (QED) is 0.846. The van der Waals surface area contributed by atoms with E-state index < -0.39 is 0 Å². The standard InChI is InChI=1S/C13H23N5/c1-10-7-18(8-12(10)17(3)4)13-11(5-14-2)6-15-9-16-13/h6,9-10,12,14H,5,7-8H2,1-4H3. The number of aromatic nitrogens is 2. The predicted octanol–water partition coefficient (Wildman–Crippen LogP) is 0.582. The first-order valence-electron chi connectivity index (χ1n) is 6.48. The molecule has 1 aliphatic heterocycles. The Bertz CT molecular complexity index is 393. The highest BCUT2D eigenvalue weighted by Crippen LogP contribution is 2.26. The first-order chi connectivity index (χ1) is 8.63. The van der Waals surface area contributed by atoms with Gasteiger partial charge in [0.05, 0.1) is 0 Å². The molecule has 1 aromatic heterocycles. The van der Waals surface area contributed by atoms with Crippen molar-refractivity contribution in [2.75, 3.05) is 39.1 Å². The molecule has 0 spiro atoms. The molecule has 1 fully saturated rings. The molecule has 18 heavy (non-hydrogen) atoms. The summed E-state index contributed by atoms with van der Waals surface area (Å²) in [7, 11) is 6.25. The molecule has 2 unspecified atom stereocenters. The maximum atomic E-state index is 4.46. The summed E-state index contributed by atoms with van der Waals surface area (Å²) >= 11 is 0. The van der Waals surface area contributed by atoms with Crippen molar-refractivity contribution in [3.63, 3.8) is 0 Å². The smallest absolute Gasteiger partial charge is 0.136 e. The van der Waals surface area contributed by atoms with Gasteiger partial charge in [-0.1, -0.05) is 6.92 Å². The molecule has 1 aromatic rings. The second-order valence-corrected chi connectivity index (χ2v) is 5.32. The summed E-state index contributed by atoms with van der Waals surface area (Å²) in [6.45, 7) is 5.23. The largest absolute Gasteiger partial charge is 0.354 e. The highest BCUT2D eigenvalue weighted by atomic mass is 15.3. The number of rotatable bonds is 4. The zero-order valence-corrected chi connectivity index (χ0v) is 11.7. The Morgan fingerprint density at radius 1 is 1.44 bits per heavy atom. The van der Waals surface area contributed by atoms with Gasteiger partial charge in [0.15, 0.2) is 0 Å². The fourth-order valence-electron chi connectivity index (χ4n) is 2.75. The van der Waals surface area contributed by atoms with Crippen molar-refractivity contribution in [1.82, 2.24) is 20.2 Å². The average molecular weight is 249 g/mol. The molecule has 5 nitrogen and oxygen atoms in total. The number of hydrogen-bond acceptors (Lipinski definition) is 5. The molecule has 0 saturated carbocycles. The highest BCUT2D eigenvalue weighted by Gasteiger charge is 2.32. The molecule has 5 heteroatoms. The van der Waals surface area contributed by atoms with E-state index in [4.69, 9.17) is 0 Å². The summed E-state index contributed by atoms with van der Waals surface area (Å²) in [4.78, 5) is 13.3. The molecule has 2 heterocycles. The predicted molar refractivity (Wildman–Crippen MR) is 73.6 cm³/mol. The van der Waals surface area contributed by atoms with Crippen molar-refractivity contribution in [3.8, 4) is 0 Å². The van der Waals surface area contributed by atoms with Gasteiger partial charge in [0.25, 0.3) is 0 Å². The second-order valence-electron chi connectivity index (χ2n) is 5.32. The van der Waals surface area contributed by atoms with E-state index in [0.717, 1.165) is 25.5 Å². The Hall–Kier alpha value is -1.20. The minimum atomic E-state index is 0.599. The maximum absolute atomic E-state index is 4.46. The van der Waals surface area contributed by atoms with Crippen LogP contribution in [0.1, 0.15) is 12.5 Å². The molecule has 1 aliphatic rings. The van der Waals surface area contributed by atoms with Gasteiger partial charge in [-0.25, -0.2) is 9.97 Å². The van der Waals surface area contributed by atoms with E-state index in [9.17, 15) is 0 Å². The van der Waals surface area contributed by atoms with E-state index in [2.05, 4.69) is 46.1 Å². The van der Waals surface area contributed by atoms with Gasteiger partial charge in [-0.15, -0.1) is 0 Å². The lowest BCUT2D eigenvalue weighted by atomic mass is 10.1. The van der Waals surface area contributed by atoms with E-state index in [-0.39, 0.29) is 0 Å². The van der Waals surface area contributed by atoms with Crippen LogP contribution < -0.4 is 10.2 Å². The van der Waals surface area contributed by atoms with Crippen LogP contribution in [0, 0.1) is 5.92 Å². The Kier molecular flexibility index (Phi) is 4.14. The number of nitrogens with one attached hydrogen (secondary N) is 1. The van der Waals surface area contributed by atoms with Gasteiger partial charge in [0.1, 0.15) is 12.1 Å². The number of anilines is 1. The van der Waals surface area contributed by atoms with Gasteiger partial charge in [-0.3, -0.25) is 0 Å². The van der Waals surface area contributed by atoms with Crippen LogP contribution in [0.25, 0.3) is 0 Å². The van der Waals surface area contributed by atoms with Crippen LogP contribution in [-0.2, 0) is 6.54 Å². The molecule has 2 atom stereocenters. The van der Waals surface area contributed by atoms with E-state index in [1.54, 1.807) is 6.33 Å². The van der Waals surface area contributed by atoms with Gasteiger partial charge in [0.2, 0.25) is 0 Å². The summed E-state index contributed by atoms with van der Waals surface area (Å²) in [5.74, 6) is 1.74. The SMILES string of the molecule is CNCc1cncnc1N1CC(C)C(N(C)C)C1. The van der Waals surface area contributed by atoms with Crippen LogP contribution in [-0.4, -0.2) is 55.1 Å². The van der Waals surface area contributed by atoms with E-state index >= 15 is 0 Å². The zero-order valence-electron chi connectivity index (χ0n) is 11.7. The summed E-state index contributed by atoms with van der Waals surface area (Å²) in [6, 6.07) is 0.599. The lowest BCUT2D eigenvalue weighted by Gasteiger charge is -2.23. The first kappa shape index (κ1) is 13.2. The third kappa shape index (κ3) is 2.62. The van der Waals surface area contributed by atoms with Gasteiger partial charge < -0.3 is 15.1 Å². The molecule has 0 radical (unpaired) electrons. The molecule has 0 amide bonds. The number of likely N-dealkylation sites (N-methyl/N-ethyl adjacent to an activating group) is 1. The third-order valence-electron chi connectivity index (χ3n) is 3.67. The van der Waals surface area contributed by atoms with Crippen LogP contribution in [0.2, 0.25) is 0 Å². The van der Waals surface area contributed by atoms with Crippen LogP contribution in [0.3, 0.4) is 0 Å². The summed E-state index contributed by atoms with van der Waals surface area (Å²) in [5.41, 5.74) is 1.17. The number of nitrogens with zero attached hydrogens (tertiary/aromatic N) is 4. The molecule has 100 valence electrons. The highest BCUT2D eigenvalue weighted by molar-refractivity contribution is 5.47. The molecular formula is C13H23N5. The average Bonchev–Trinajstić information content (AvgIpc) is 2.72. The monoisotopic (exact) mass is 249 g/mol. The normalized spacial score (nSPS) is 23.9. The third-order valence-corrected chi connectivity index (χ3v) is 3.67. The van der Waals surface area contributed by atoms with E-state index in [1.165, 1.54) is 5.56 Å².